The molecule has 1 atom stereocenters. The Morgan fingerprint density at radius 1 is 0.902 bits per heavy atom. The number of hydrogen-bond donors (Lipinski definition) is 1. The maximum atomic E-state index is 14.0. The Labute approximate surface area is 241 Å². The van der Waals surface area contributed by atoms with E-state index in [1.165, 1.54) is 6.07 Å². The molecule has 4 aromatic rings. The summed E-state index contributed by atoms with van der Waals surface area (Å²) in [7, 11) is 3.24. The van der Waals surface area contributed by atoms with Crippen LogP contribution in [0.4, 0.5) is 10.1 Å². The van der Waals surface area contributed by atoms with Gasteiger partial charge in [0.25, 0.3) is 0 Å². The van der Waals surface area contributed by atoms with Crippen LogP contribution in [0.2, 0.25) is 0 Å². The van der Waals surface area contributed by atoms with Crippen LogP contribution in [0.5, 0.6) is 17.4 Å². The highest BCUT2D eigenvalue weighted by Gasteiger charge is 2.24. The van der Waals surface area contributed by atoms with Crippen molar-refractivity contribution < 1.29 is 23.7 Å². The number of piperazine rings is 1. The van der Waals surface area contributed by atoms with Gasteiger partial charge in [-0.2, -0.15) is 0 Å². The van der Waals surface area contributed by atoms with Crippen LogP contribution in [0.25, 0.3) is 10.8 Å². The van der Waals surface area contributed by atoms with Crippen LogP contribution in [0.1, 0.15) is 36.9 Å². The van der Waals surface area contributed by atoms with Crippen molar-refractivity contribution in [2.45, 2.75) is 32.4 Å². The molecule has 0 spiro atoms. The van der Waals surface area contributed by atoms with Gasteiger partial charge in [0.2, 0.25) is 0 Å². The second-order valence-electron chi connectivity index (χ2n) is 10.4. The average Bonchev–Trinajstić information content (AvgIpc) is 3.35. The van der Waals surface area contributed by atoms with Crippen molar-refractivity contribution in [2.24, 2.45) is 0 Å². The van der Waals surface area contributed by atoms with E-state index in [-0.39, 0.29) is 24.3 Å². The summed E-state index contributed by atoms with van der Waals surface area (Å²) in [6.07, 6.45) is 3.49. The van der Waals surface area contributed by atoms with Gasteiger partial charge < -0.3 is 33.7 Å². The van der Waals surface area contributed by atoms with Crippen molar-refractivity contribution >= 4 is 16.5 Å². The van der Waals surface area contributed by atoms with E-state index in [1.54, 1.807) is 26.4 Å². The number of halogens is 1. The first kappa shape index (κ1) is 28.8. The first-order chi connectivity index (χ1) is 20.0. The van der Waals surface area contributed by atoms with Crippen LogP contribution >= 0.6 is 0 Å². The molecule has 2 heterocycles. The molecule has 0 unspecified atom stereocenters. The summed E-state index contributed by atoms with van der Waals surface area (Å²) in [5.74, 6) is 1.27. The van der Waals surface area contributed by atoms with Gasteiger partial charge >= 0.3 is 0 Å². The monoisotopic (exact) mass is 561 g/mol. The topological polar surface area (TPSA) is 59.3 Å². The Bertz CT molecular complexity index is 1450. The largest absolute Gasteiger partial charge is 0.494 e. The summed E-state index contributed by atoms with van der Waals surface area (Å²) in [4.78, 5) is 4.88. The van der Waals surface area contributed by atoms with Crippen molar-refractivity contribution in [3.8, 4) is 17.4 Å². The molecule has 0 radical (unpaired) electrons. The number of anilines is 1. The van der Waals surface area contributed by atoms with Gasteiger partial charge in [-0.05, 0) is 55.3 Å². The van der Waals surface area contributed by atoms with Crippen molar-refractivity contribution in [2.75, 3.05) is 58.5 Å². The molecule has 0 saturated carbocycles. The van der Waals surface area contributed by atoms with E-state index in [0.29, 0.717) is 36.5 Å². The van der Waals surface area contributed by atoms with E-state index in [1.807, 2.05) is 41.0 Å². The quantitative estimate of drug-likeness (QED) is 0.207. The fraction of sp³-hybridized carbons (Fsp3) is 0.394. The number of nitrogens with zero attached hydrogens (tertiary/aromatic N) is 3. The Kier molecular flexibility index (Phi) is 9.31. The number of methoxy groups -OCH3 is 2. The second kappa shape index (κ2) is 13.3. The third kappa shape index (κ3) is 6.29. The summed E-state index contributed by atoms with van der Waals surface area (Å²) in [6.45, 7) is 7.92. The minimum atomic E-state index is -0.258. The van der Waals surface area contributed by atoms with Crippen LogP contribution in [0.3, 0.4) is 0 Å². The molecule has 0 amide bonds. The maximum absolute atomic E-state index is 14.0. The minimum absolute atomic E-state index is 0.177. The maximum Gasteiger partial charge on any atom is 0.199 e. The molecule has 1 aliphatic rings. The Morgan fingerprint density at radius 3 is 2.41 bits per heavy atom. The zero-order chi connectivity index (χ0) is 28.8. The number of rotatable bonds is 12. The second-order valence-corrected chi connectivity index (χ2v) is 10.4. The average molecular weight is 562 g/mol. The Balaban J connectivity index is 1.42. The number of fused-ring (bicyclic) bond motifs is 1. The standard InChI is InChI=1S/C33H40FN3O4/c1-4-35-16-18-36(19-17-35)30-12-7-10-26-27(30)22-37(33(26)38)29(24-14-15-31(39-2)32(21-24)40-3)13-8-20-41-23-25-9-5-6-11-28(25)34/h5-7,9-12,14-15,21-22,29,38H,4,8,13,16-20,23H2,1-3H3/t29-/m1/s1. The Morgan fingerprint density at radius 2 is 1.68 bits per heavy atom. The molecule has 1 saturated heterocycles. The lowest BCUT2D eigenvalue weighted by atomic mass is 10.0. The molecule has 1 N–H and O–H groups in total. The summed E-state index contributed by atoms with van der Waals surface area (Å²) < 4.78 is 32.9. The smallest absolute Gasteiger partial charge is 0.199 e. The molecule has 0 aliphatic carbocycles. The zero-order valence-corrected chi connectivity index (χ0v) is 24.2. The first-order valence-electron chi connectivity index (χ1n) is 14.4. The van der Waals surface area contributed by atoms with E-state index in [4.69, 9.17) is 14.2 Å². The first-order valence-corrected chi connectivity index (χ1v) is 14.4. The molecule has 1 fully saturated rings. The Hall–Kier alpha value is -3.75. The van der Waals surface area contributed by atoms with Gasteiger partial charge in [0.1, 0.15) is 5.82 Å². The van der Waals surface area contributed by atoms with E-state index >= 15 is 0 Å². The van der Waals surface area contributed by atoms with Crippen LogP contribution in [0, 0.1) is 5.82 Å². The summed E-state index contributed by atoms with van der Waals surface area (Å²) in [6, 6.07) is 18.5. The number of likely N-dealkylation sites (N-methyl/N-ethyl adjacent to an activating group) is 1. The van der Waals surface area contributed by atoms with Gasteiger partial charge in [0.15, 0.2) is 17.4 Å². The van der Waals surface area contributed by atoms with E-state index in [2.05, 4.69) is 29.0 Å². The molecule has 1 aromatic heterocycles. The van der Waals surface area contributed by atoms with Gasteiger partial charge in [-0.25, -0.2) is 4.39 Å². The molecular formula is C33H40FN3O4. The van der Waals surface area contributed by atoms with Crippen molar-refractivity contribution in [1.29, 1.82) is 0 Å². The van der Waals surface area contributed by atoms with E-state index in [0.717, 1.165) is 54.7 Å². The highest BCUT2D eigenvalue weighted by atomic mass is 19.1. The molecule has 8 heteroatoms. The van der Waals surface area contributed by atoms with Gasteiger partial charge in [0, 0.05) is 61.0 Å². The van der Waals surface area contributed by atoms with Gasteiger partial charge in [0.05, 0.1) is 26.9 Å². The number of benzene rings is 3. The lowest BCUT2D eigenvalue weighted by Crippen LogP contribution is -2.46. The van der Waals surface area contributed by atoms with Gasteiger partial charge in [-0.3, -0.25) is 0 Å². The van der Waals surface area contributed by atoms with E-state index < -0.39 is 0 Å². The number of aromatic nitrogens is 1. The molecule has 1 aliphatic heterocycles. The predicted molar refractivity (Wildman–Crippen MR) is 161 cm³/mol. The zero-order valence-electron chi connectivity index (χ0n) is 24.2. The SMILES string of the molecule is CCN1CCN(c2cccc3c(O)n([C@H](CCCOCc4ccccc4F)c4ccc(OC)c(OC)c4)cc23)CC1. The van der Waals surface area contributed by atoms with Crippen LogP contribution in [0.15, 0.2) is 66.9 Å². The third-order valence-corrected chi connectivity index (χ3v) is 8.11. The molecule has 218 valence electrons. The molecule has 7 nitrogen and oxygen atoms in total. The van der Waals surface area contributed by atoms with Gasteiger partial charge in [-0.1, -0.05) is 37.3 Å². The van der Waals surface area contributed by atoms with Crippen LogP contribution in [-0.2, 0) is 11.3 Å². The molecular weight excluding hydrogens is 521 g/mol. The van der Waals surface area contributed by atoms with E-state index in [9.17, 15) is 9.50 Å². The fourth-order valence-electron chi connectivity index (χ4n) is 5.74. The summed E-state index contributed by atoms with van der Waals surface area (Å²) in [5.41, 5.74) is 2.68. The molecule has 0 bridgehead atoms. The number of hydrogen-bond acceptors (Lipinski definition) is 6. The number of aromatic hydroxyl groups is 1. The molecule has 5 rings (SSSR count). The number of ether oxygens (including phenoxy) is 3. The lowest BCUT2D eigenvalue weighted by Gasteiger charge is -2.35. The van der Waals surface area contributed by atoms with Crippen molar-refractivity contribution in [3.05, 3.63) is 83.8 Å². The minimum Gasteiger partial charge on any atom is -0.494 e. The van der Waals surface area contributed by atoms with Crippen LogP contribution < -0.4 is 14.4 Å². The summed E-state index contributed by atoms with van der Waals surface area (Å²) >= 11 is 0. The van der Waals surface area contributed by atoms with Gasteiger partial charge in [-0.15, -0.1) is 0 Å². The normalized spacial score (nSPS) is 14.9. The van der Waals surface area contributed by atoms with Crippen molar-refractivity contribution in [3.63, 3.8) is 0 Å². The predicted octanol–water partition coefficient (Wildman–Crippen LogP) is 6.23. The highest BCUT2D eigenvalue weighted by molar-refractivity contribution is 5.98. The summed E-state index contributed by atoms with van der Waals surface area (Å²) in [5, 5.41) is 13.4. The molecule has 41 heavy (non-hydrogen) atoms. The lowest BCUT2D eigenvalue weighted by molar-refractivity contribution is 0.112. The van der Waals surface area contributed by atoms with Crippen LogP contribution in [-0.4, -0.2) is 68.1 Å². The fourth-order valence-corrected chi connectivity index (χ4v) is 5.74. The highest BCUT2D eigenvalue weighted by Crippen LogP contribution is 2.40. The van der Waals surface area contributed by atoms with Crippen molar-refractivity contribution in [1.82, 2.24) is 9.47 Å². The third-order valence-electron chi connectivity index (χ3n) is 8.11. The molecule has 3 aromatic carbocycles.